The SMILES string of the molecule is CCCNC(c1cc(CC)nn1C)C1CCCCC1CC. The van der Waals surface area contributed by atoms with Crippen LogP contribution in [0.1, 0.15) is 76.7 Å². The van der Waals surface area contributed by atoms with Crippen LogP contribution in [-0.2, 0) is 13.5 Å². The van der Waals surface area contributed by atoms with Gasteiger partial charge in [0.15, 0.2) is 0 Å². The number of nitrogens with zero attached hydrogens (tertiary/aromatic N) is 2. The zero-order chi connectivity index (χ0) is 15.2. The maximum absolute atomic E-state index is 4.68. The van der Waals surface area contributed by atoms with Gasteiger partial charge in [-0.2, -0.15) is 5.10 Å². The Morgan fingerprint density at radius 3 is 2.67 bits per heavy atom. The summed E-state index contributed by atoms with van der Waals surface area (Å²) in [4.78, 5) is 0. The van der Waals surface area contributed by atoms with Crippen LogP contribution < -0.4 is 5.32 Å². The van der Waals surface area contributed by atoms with Crippen molar-refractivity contribution >= 4 is 0 Å². The molecule has 0 aromatic carbocycles. The van der Waals surface area contributed by atoms with Gasteiger partial charge in [0, 0.05) is 7.05 Å². The van der Waals surface area contributed by atoms with E-state index in [2.05, 4.69) is 49.0 Å². The van der Waals surface area contributed by atoms with E-state index in [0.717, 1.165) is 24.8 Å². The highest BCUT2D eigenvalue weighted by atomic mass is 15.3. The van der Waals surface area contributed by atoms with Crippen LogP contribution in [0.3, 0.4) is 0 Å². The summed E-state index contributed by atoms with van der Waals surface area (Å²) in [5.41, 5.74) is 2.62. The van der Waals surface area contributed by atoms with Gasteiger partial charge in [-0.15, -0.1) is 0 Å². The van der Waals surface area contributed by atoms with E-state index in [1.807, 2.05) is 0 Å². The van der Waals surface area contributed by atoms with E-state index in [4.69, 9.17) is 0 Å². The van der Waals surface area contributed by atoms with Crippen molar-refractivity contribution in [1.29, 1.82) is 0 Å². The standard InChI is InChI=1S/C18H33N3/c1-5-12-19-18(16-11-9-8-10-14(16)6-2)17-13-15(7-3)20-21(17)4/h13-14,16,18-19H,5-12H2,1-4H3. The van der Waals surface area contributed by atoms with Crippen molar-refractivity contribution in [3.8, 4) is 0 Å². The zero-order valence-electron chi connectivity index (χ0n) is 14.4. The van der Waals surface area contributed by atoms with Crippen LogP contribution in [-0.4, -0.2) is 16.3 Å². The first kappa shape index (κ1) is 16.5. The van der Waals surface area contributed by atoms with Crippen LogP contribution in [0.2, 0.25) is 0 Å². The Balaban J connectivity index is 2.25. The van der Waals surface area contributed by atoms with Crippen molar-refractivity contribution in [3.63, 3.8) is 0 Å². The van der Waals surface area contributed by atoms with Gasteiger partial charge >= 0.3 is 0 Å². The van der Waals surface area contributed by atoms with E-state index in [-0.39, 0.29) is 0 Å². The predicted octanol–water partition coefficient (Wildman–Crippen LogP) is 4.24. The average molecular weight is 291 g/mol. The fourth-order valence-electron chi connectivity index (χ4n) is 3.96. The van der Waals surface area contributed by atoms with Crippen molar-refractivity contribution in [2.24, 2.45) is 18.9 Å². The molecule has 1 N–H and O–H groups in total. The van der Waals surface area contributed by atoms with E-state index >= 15 is 0 Å². The lowest BCUT2D eigenvalue weighted by molar-refractivity contribution is 0.171. The van der Waals surface area contributed by atoms with Gasteiger partial charge < -0.3 is 5.32 Å². The smallest absolute Gasteiger partial charge is 0.0625 e. The summed E-state index contributed by atoms with van der Waals surface area (Å²) in [6.07, 6.45) is 9.11. The molecule has 120 valence electrons. The summed E-state index contributed by atoms with van der Waals surface area (Å²) in [6.45, 7) is 7.91. The van der Waals surface area contributed by atoms with Crippen molar-refractivity contribution in [2.45, 2.75) is 71.8 Å². The van der Waals surface area contributed by atoms with Gasteiger partial charge in [0.25, 0.3) is 0 Å². The molecule has 0 bridgehead atoms. The Bertz CT molecular complexity index is 424. The van der Waals surface area contributed by atoms with Gasteiger partial charge in [0.05, 0.1) is 17.4 Å². The molecule has 3 nitrogen and oxygen atoms in total. The molecule has 0 spiro atoms. The Kier molecular flexibility index (Phi) is 6.28. The number of nitrogens with one attached hydrogen (secondary N) is 1. The minimum Gasteiger partial charge on any atom is -0.308 e. The normalized spacial score (nSPS) is 24.2. The second-order valence-electron chi connectivity index (χ2n) is 6.59. The summed E-state index contributed by atoms with van der Waals surface area (Å²) < 4.78 is 2.12. The van der Waals surface area contributed by atoms with E-state index in [1.54, 1.807) is 0 Å². The molecule has 1 heterocycles. The molecule has 1 aromatic rings. The fourth-order valence-corrected chi connectivity index (χ4v) is 3.96. The molecule has 3 unspecified atom stereocenters. The fraction of sp³-hybridized carbons (Fsp3) is 0.833. The molecule has 2 rings (SSSR count). The number of aromatic nitrogens is 2. The van der Waals surface area contributed by atoms with Crippen LogP contribution in [0.25, 0.3) is 0 Å². The quantitative estimate of drug-likeness (QED) is 0.814. The van der Waals surface area contributed by atoms with Gasteiger partial charge in [-0.3, -0.25) is 4.68 Å². The molecule has 1 aliphatic rings. The van der Waals surface area contributed by atoms with Crippen molar-refractivity contribution in [3.05, 3.63) is 17.5 Å². The third-order valence-corrected chi connectivity index (χ3v) is 5.18. The van der Waals surface area contributed by atoms with Crippen LogP contribution in [0.5, 0.6) is 0 Å². The van der Waals surface area contributed by atoms with E-state index in [9.17, 15) is 0 Å². The molecule has 3 atom stereocenters. The highest BCUT2D eigenvalue weighted by Gasteiger charge is 2.33. The molecule has 0 radical (unpaired) electrons. The minimum absolute atomic E-state index is 0.480. The molecule has 1 aliphatic carbocycles. The molecule has 21 heavy (non-hydrogen) atoms. The lowest BCUT2D eigenvalue weighted by Crippen LogP contribution is -2.36. The van der Waals surface area contributed by atoms with E-state index < -0.39 is 0 Å². The summed E-state index contributed by atoms with van der Waals surface area (Å²) >= 11 is 0. The Morgan fingerprint density at radius 1 is 1.29 bits per heavy atom. The maximum Gasteiger partial charge on any atom is 0.0625 e. The molecule has 0 amide bonds. The lowest BCUT2D eigenvalue weighted by Gasteiger charge is -2.37. The summed E-state index contributed by atoms with van der Waals surface area (Å²) in [5, 5.41) is 8.52. The number of rotatable bonds is 7. The van der Waals surface area contributed by atoms with Crippen LogP contribution in [0.4, 0.5) is 0 Å². The van der Waals surface area contributed by atoms with Gasteiger partial charge in [-0.25, -0.2) is 0 Å². The third kappa shape index (κ3) is 3.88. The summed E-state index contributed by atoms with van der Waals surface area (Å²) in [6, 6.07) is 2.81. The Labute approximate surface area is 130 Å². The largest absolute Gasteiger partial charge is 0.308 e. The first-order chi connectivity index (χ1) is 10.2. The monoisotopic (exact) mass is 291 g/mol. The van der Waals surface area contributed by atoms with Gasteiger partial charge in [0.2, 0.25) is 0 Å². The van der Waals surface area contributed by atoms with Crippen LogP contribution in [0.15, 0.2) is 6.07 Å². The van der Waals surface area contributed by atoms with Crippen LogP contribution >= 0.6 is 0 Å². The Morgan fingerprint density at radius 2 is 2.05 bits per heavy atom. The summed E-state index contributed by atoms with van der Waals surface area (Å²) in [5.74, 6) is 1.64. The lowest BCUT2D eigenvalue weighted by atomic mass is 9.73. The number of hydrogen-bond donors (Lipinski definition) is 1. The molecular weight excluding hydrogens is 258 g/mol. The van der Waals surface area contributed by atoms with Gasteiger partial charge in [0.1, 0.15) is 0 Å². The first-order valence-electron chi connectivity index (χ1n) is 8.97. The first-order valence-corrected chi connectivity index (χ1v) is 8.97. The maximum atomic E-state index is 4.68. The van der Waals surface area contributed by atoms with Crippen molar-refractivity contribution in [1.82, 2.24) is 15.1 Å². The highest BCUT2D eigenvalue weighted by Crippen LogP contribution is 2.40. The predicted molar refractivity (Wildman–Crippen MR) is 89.4 cm³/mol. The molecule has 1 saturated carbocycles. The van der Waals surface area contributed by atoms with Crippen molar-refractivity contribution in [2.75, 3.05) is 6.54 Å². The topological polar surface area (TPSA) is 29.9 Å². The average Bonchev–Trinajstić information content (AvgIpc) is 2.89. The minimum atomic E-state index is 0.480. The molecule has 0 saturated heterocycles. The summed E-state index contributed by atoms with van der Waals surface area (Å²) in [7, 11) is 2.11. The zero-order valence-corrected chi connectivity index (χ0v) is 14.4. The van der Waals surface area contributed by atoms with E-state index in [0.29, 0.717) is 6.04 Å². The highest BCUT2D eigenvalue weighted by molar-refractivity contribution is 5.16. The second-order valence-corrected chi connectivity index (χ2v) is 6.59. The van der Waals surface area contributed by atoms with Crippen LogP contribution in [0, 0.1) is 11.8 Å². The third-order valence-electron chi connectivity index (χ3n) is 5.18. The molecular formula is C18H33N3. The molecule has 1 aromatic heterocycles. The van der Waals surface area contributed by atoms with E-state index in [1.165, 1.54) is 49.9 Å². The van der Waals surface area contributed by atoms with Gasteiger partial charge in [-0.05, 0) is 43.7 Å². The van der Waals surface area contributed by atoms with Gasteiger partial charge in [-0.1, -0.05) is 46.5 Å². The molecule has 1 fully saturated rings. The van der Waals surface area contributed by atoms with Crippen molar-refractivity contribution < 1.29 is 0 Å². The molecule has 3 heteroatoms. The number of aryl methyl sites for hydroxylation is 2. The number of hydrogen-bond acceptors (Lipinski definition) is 2. The second kappa shape index (κ2) is 7.98. The molecule has 0 aliphatic heterocycles. The Hall–Kier alpha value is -0.830.